The van der Waals surface area contributed by atoms with Crippen LogP contribution < -0.4 is 5.32 Å². The van der Waals surface area contributed by atoms with Gasteiger partial charge in [-0.25, -0.2) is 0 Å². The molecule has 0 bridgehead atoms. The number of likely N-dealkylation sites (tertiary alicyclic amines) is 1. The standard InChI is InChI=1S/C18H28N2/c1-4-9-19-18-16-8-6-5-7-15(16)11-17(18)20-12-13(2)10-14(20)3/h5-8,13-14,17-19H,4,9-12H2,1-3H3. The molecule has 4 atom stereocenters. The molecule has 0 saturated carbocycles. The molecule has 4 unspecified atom stereocenters. The molecule has 20 heavy (non-hydrogen) atoms. The third-order valence-corrected chi connectivity index (χ3v) is 5.08. The molecule has 0 radical (unpaired) electrons. The monoisotopic (exact) mass is 272 g/mol. The number of nitrogens with one attached hydrogen (secondary N) is 1. The first kappa shape index (κ1) is 14.1. The lowest BCUT2D eigenvalue weighted by Gasteiger charge is -2.33. The van der Waals surface area contributed by atoms with Gasteiger partial charge >= 0.3 is 0 Å². The van der Waals surface area contributed by atoms with Crippen molar-refractivity contribution in [2.45, 2.75) is 58.2 Å². The third kappa shape index (κ3) is 2.51. The zero-order valence-corrected chi connectivity index (χ0v) is 13.1. The van der Waals surface area contributed by atoms with Gasteiger partial charge in [-0.2, -0.15) is 0 Å². The molecule has 1 heterocycles. The van der Waals surface area contributed by atoms with Crippen LogP contribution in [0.15, 0.2) is 24.3 Å². The lowest BCUT2D eigenvalue weighted by Crippen LogP contribution is -2.44. The van der Waals surface area contributed by atoms with Crippen LogP contribution in [-0.4, -0.2) is 30.1 Å². The Morgan fingerprint density at radius 1 is 1.25 bits per heavy atom. The van der Waals surface area contributed by atoms with E-state index < -0.39 is 0 Å². The van der Waals surface area contributed by atoms with E-state index in [1.807, 2.05) is 0 Å². The first-order valence-electron chi connectivity index (χ1n) is 8.27. The van der Waals surface area contributed by atoms with Gasteiger partial charge in [0.15, 0.2) is 0 Å². The zero-order valence-electron chi connectivity index (χ0n) is 13.1. The predicted octanol–water partition coefficient (Wildman–Crippen LogP) is 3.38. The van der Waals surface area contributed by atoms with Crippen LogP contribution in [0, 0.1) is 5.92 Å². The number of rotatable bonds is 4. The molecule has 1 fully saturated rings. The average Bonchev–Trinajstić information content (AvgIpc) is 2.96. The molecular formula is C18H28N2. The van der Waals surface area contributed by atoms with Crippen LogP contribution in [0.1, 0.15) is 50.8 Å². The number of benzene rings is 1. The summed E-state index contributed by atoms with van der Waals surface area (Å²) in [6, 6.07) is 10.9. The number of hydrogen-bond donors (Lipinski definition) is 1. The van der Waals surface area contributed by atoms with Crippen molar-refractivity contribution in [2.75, 3.05) is 13.1 Å². The Morgan fingerprint density at radius 3 is 2.75 bits per heavy atom. The molecule has 1 aliphatic carbocycles. The Kier molecular flexibility index (Phi) is 4.13. The quantitative estimate of drug-likeness (QED) is 0.904. The summed E-state index contributed by atoms with van der Waals surface area (Å²) in [7, 11) is 0. The van der Waals surface area contributed by atoms with E-state index in [9.17, 15) is 0 Å². The molecule has 3 rings (SSSR count). The lowest BCUT2D eigenvalue weighted by molar-refractivity contribution is 0.157. The highest BCUT2D eigenvalue weighted by Crippen LogP contribution is 2.38. The second kappa shape index (κ2) is 5.87. The summed E-state index contributed by atoms with van der Waals surface area (Å²) in [5.74, 6) is 0.848. The van der Waals surface area contributed by atoms with Crippen LogP contribution in [0.2, 0.25) is 0 Å². The molecule has 1 N–H and O–H groups in total. The minimum Gasteiger partial charge on any atom is -0.309 e. The fraction of sp³-hybridized carbons (Fsp3) is 0.667. The molecule has 2 heteroatoms. The van der Waals surface area contributed by atoms with E-state index >= 15 is 0 Å². The van der Waals surface area contributed by atoms with Crippen molar-refractivity contribution in [3.05, 3.63) is 35.4 Å². The van der Waals surface area contributed by atoms with E-state index in [2.05, 4.69) is 55.3 Å². The molecule has 0 aromatic heterocycles. The van der Waals surface area contributed by atoms with Crippen molar-refractivity contribution >= 4 is 0 Å². The van der Waals surface area contributed by atoms with Crippen molar-refractivity contribution in [1.82, 2.24) is 10.2 Å². The van der Waals surface area contributed by atoms with Crippen molar-refractivity contribution in [2.24, 2.45) is 5.92 Å². The van der Waals surface area contributed by atoms with E-state index in [4.69, 9.17) is 0 Å². The van der Waals surface area contributed by atoms with Gasteiger partial charge in [0.1, 0.15) is 0 Å². The van der Waals surface area contributed by atoms with Gasteiger partial charge in [-0.15, -0.1) is 0 Å². The maximum absolute atomic E-state index is 3.81. The summed E-state index contributed by atoms with van der Waals surface area (Å²) in [5, 5.41) is 3.81. The van der Waals surface area contributed by atoms with Crippen molar-refractivity contribution in [3.8, 4) is 0 Å². The highest BCUT2D eigenvalue weighted by Gasteiger charge is 2.40. The minimum atomic E-state index is 0.527. The zero-order chi connectivity index (χ0) is 14.1. The van der Waals surface area contributed by atoms with Crippen LogP contribution in [-0.2, 0) is 6.42 Å². The minimum absolute atomic E-state index is 0.527. The normalized spacial score (nSPS) is 33.5. The van der Waals surface area contributed by atoms with Gasteiger partial charge in [0, 0.05) is 24.7 Å². The molecule has 1 aromatic carbocycles. The molecule has 1 saturated heterocycles. The number of fused-ring (bicyclic) bond motifs is 1. The topological polar surface area (TPSA) is 15.3 Å². The summed E-state index contributed by atoms with van der Waals surface area (Å²) in [4.78, 5) is 2.76. The first-order chi connectivity index (χ1) is 9.70. The Bertz CT molecular complexity index is 456. The van der Waals surface area contributed by atoms with Crippen molar-refractivity contribution in [3.63, 3.8) is 0 Å². The number of hydrogen-bond acceptors (Lipinski definition) is 2. The summed E-state index contributed by atoms with van der Waals surface area (Å²) in [6.45, 7) is 9.44. The third-order valence-electron chi connectivity index (χ3n) is 5.08. The van der Waals surface area contributed by atoms with Gasteiger partial charge in [-0.3, -0.25) is 4.90 Å². The van der Waals surface area contributed by atoms with Gasteiger partial charge in [0.25, 0.3) is 0 Å². The van der Waals surface area contributed by atoms with Crippen LogP contribution in [0.3, 0.4) is 0 Å². The van der Waals surface area contributed by atoms with E-state index in [-0.39, 0.29) is 0 Å². The summed E-state index contributed by atoms with van der Waals surface area (Å²) < 4.78 is 0. The highest BCUT2D eigenvalue weighted by molar-refractivity contribution is 5.37. The molecule has 2 aliphatic rings. The molecular weight excluding hydrogens is 244 g/mol. The summed E-state index contributed by atoms with van der Waals surface area (Å²) in [6.07, 6.45) is 3.78. The maximum Gasteiger partial charge on any atom is 0.0484 e. The van der Waals surface area contributed by atoms with Crippen LogP contribution in [0.25, 0.3) is 0 Å². The Morgan fingerprint density at radius 2 is 2.05 bits per heavy atom. The van der Waals surface area contributed by atoms with E-state index in [0.717, 1.165) is 18.5 Å². The molecule has 0 amide bonds. The van der Waals surface area contributed by atoms with Gasteiger partial charge in [-0.05, 0) is 49.8 Å². The summed E-state index contributed by atoms with van der Waals surface area (Å²) >= 11 is 0. The fourth-order valence-electron chi connectivity index (χ4n) is 4.22. The smallest absolute Gasteiger partial charge is 0.0484 e. The molecule has 1 aromatic rings. The second-order valence-electron chi connectivity index (χ2n) is 6.79. The summed E-state index contributed by atoms with van der Waals surface area (Å²) in [5.41, 5.74) is 3.09. The second-order valence-corrected chi connectivity index (χ2v) is 6.79. The van der Waals surface area contributed by atoms with Gasteiger partial charge in [0.2, 0.25) is 0 Å². The molecule has 0 spiro atoms. The Balaban J connectivity index is 1.83. The Labute approximate surface area is 123 Å². The molecule has 110 valence electrons. The predicted molar refractivity (Wildman–Crippen MR) is 84.9 cm³/mol. The molecule has 2 nitrogen and oxygen atoms in total. The number of nitrogens with zero attached hydrogens (tertiary/aromatic N) is 1. The van der Waals surface area contributed by atoms with Crippen LogP contribution in [0.5, 0.6) is 0 Å². The van der Waals surface area contributed by atoms with Crippen LogP contribution in [0.4, 0.5) is 0 Å². The van der Waals surface area contributed by atoms with Crippen LogP contribution >= 0.6 is 0 Å². The van der Waals surface area contributed by atoms with E-state index in [1.54, 1.807) is 5.56 Å². The molecule has 1 aliphatic heterocycles. The maximum atomic E-state index is 3.81. The van der Waals surface area contributed by atoms with Gasteiger partial charge in [0.05, 0.1) is 0 Å². The van der Waals surface area contributed by atoms with Gasteiger partial charge < -0.3 is 5.32 Å². The van der Waals surface area contributed by atoms with E-state index in [1.165, 1.54) is 31.4 Å². The largest absolute Gasteiger partial charge is 0.309 e. The average molecular weight is 272 g/mol. The van der Waals surface area contributed by atoms with Gasteiger partial charge in [-0.1, -0.05) is 38.1 Å². The van der Waals surface area contributed by atoms with Crippen molar-refractivity contribution in [1.29, 1.82) is 0 Å². The van der Waals surface area contributed by atoms with Crippen molar-refractivity contribution < 1.29 is 0 Å². The first-order valence-corrected chi connectivity index (χ1v) is 8.27. The fourth-order valence-corrected chi connectivity index (χ4v) is 4.22. The lowest BCUT2D eigenvalue weighted by atomic mass is 10.1. The SMILES string of the molecule is CCCNC1c2ccccc2CC1N1CC(C)CC1C. The Hall–Kier alpha value is -0.860. The van der Waals surface area contributed by atoms with E-state index in [0.29, 0.717) is 12.1 Å². The highest BCUT2D eigenvalue weighted by atomic mass is 15.2.